The number of likely N-dealkylation sites (N-methyl/N-ethyl adjacent to an activating group) is 2. The summed E-state index contributed by atoms with van der Waals surface area (Å²) in [7, 11) is 1.98. The molecule has 0 saturated carbocycles. The Morgan fingerprint density at radius 3 is 2.75 bits per heavy atom. The highest BCUT2D eigenvalue weighted by molar-refractivity contribution is 5.76. The fraction of sp³-hybridized carbons (Fsp3) is 0.909. The molecule has 0 radical (unpaired) electrons. The van der Waals surface area contributed by atoms with Gasteiger partial charge in [0, 0.05) is 19.6 Å². The number of piperazine rings is 1. The van der Waals surface area contributed by atoms with Gasteiger partial charge in [0.15, 0.2) is 0 Å². The van der Waals surface area contributed by atoms with E-state index in [1.807, 2.05) is 7.05 Å². The van der Waals surface area contributed by atoms with Crippen molar-refractivity contribution in [1.29, 1.82) is 0 Å². The number of hydrogen-bond acceptors (Lipinski definition) is 5. The normalized spacial score (nSPS) is 28.8. The summed E-state index contributed by atoms with van der Waals surface area (Å²) < 4.78 is 10.3. The molecule has 0 amide bonds. The van der Waals surface area contributed by atoms with Crippen molar-refractivity contribution in [2.45, 2.75) is 19.1 Å². The Morgan fingerprint density at radius 1 is 1.44 bits per heavy atom. The van der Waals surface area contributed by atoms with Crippen LogP contribution in [0.5, 0.6) is 0 Å². The van der Waals surface area contributed by atoms with Crippen LogP contribution in [0.4, 0.5) is 0 Å². The molecule has 1 atom stereocenters. The van der Waals surface area contributed by atoms with Gasteiger partial charge in [-0.2, -0.15) is 0 Å². The summed E-state index contributed by atoms with van der Waals surface area (Å²) in [4.78, 5) is 16.3. The molecule has 2 fully saturated rings. The second kappa shape index (κ2) is 5.12. The van der Waals surface area contributed by atoms with Crippen molar-refractivity contribution in [3.63, 3.8) is 0 Å². The van der Waals surface area contributed by atoms with Gasteiger partial charge in [-0.3, -0.25) is 9.69 Å². The molecule has 0 bridgehead atoms. The van der Waals surface area contributed by atoms with Crippen LogP contribution in [0.25, 0.3) is 0 Å². The molecule has 2 aliphatic heterocycles. The molecule has 16 heavy (non-hydrogen) atoms. The monoisotopic (exact) mass is 228 g/mol. The molecule has 0 aromatic heterocycles. The summed E-state index contributed by atoms with van der Waals surface area (Å²) in [6, 6.07) is -0.116. The van der Waals surface area contributed by atoms with E-state index in [9.17, 15) is 4.79 Å². The van der Waals surface area contributed by atoms with Gasteiger partial charge in [-0.15, -0.1) is 0 Å². The van der Waals surface area contributed by atoms with E-state index in [-0.39, 0.29) is 18.1 Å². The van der Waals surface area contributed by atoms with Crippen LogP contribution in [0.3, 0.4) is 0 Å². The van der Waals surface area contributed by atoms with Crippen molar-refractivity contribution in [2.24, 2.45) is 0 Å². The summed E-state index contributed by atoms with van der Waals surface area (Å²) in [5.41, 5.74) is 0. The first kappa shape index (κ1) is 11.8. The zero-order chi connectivity index (χ0) is 11.5. The summed E-state index contributed by atoms with van der Waals surface area (Å²) in [5, 5.41) is 0. The van der Waals surface area contributed by atoms with Crippen molar-refractivity contribution >= 4 is 5.97 Å². The average Bonchev–Trinajstić information content (AvgIpc) is 2.24. The molecule has 5 nitrogen and oxygen atoms in total. The van der Waals surface area contributed by atoms with Crippen molar-refractivity contribution in [2.75, 3.05) is 46.4 Å². The minimum absolute atomic E-state index is 0.0158. The minimum atomic E-state index is -0.116. The highest BCUT2D eigenvalue weighted by atomic mass is 16.6. The fourth-order valence-electron chi connectivity index (χ4n) is 2.00. The molecule has 2 aliphatic rings. The lowest BCUT2D eigenvalue weighted by Crippen LogP contribution is -2.56. The SMILES string of the molecule is CCN1CCN(C)C(C(=O)OC2COC2)C1. The van der Waals surface area contributed by atoms with E-state index in [2.05, 4.69) is 16.7 Å². The lowest BCUT2D eigenvalue weighted by atomic mass is 10.2. The number of hydrogen-bond donors (Lipinski definition) is 0. The lowest BCUT2D eigenvalue weighted by Gasteiger charge is -2.38. The van der Waals surface area contributed by atoms with Crippen molar-refractivity contribution < 1.29 is 14.3 Å². The van der Waals surface area contributed by atoms with Crippen LogP contribution >= 0.6 is 0 Å². The first-order chi connectivity index (χ1) is 7.70. The predicted octanol–water partition coefficient (Wildman–Crippen LogP) is -0.436. The van der Waals surface area contributed by atoms with E-state index in [0.29, 0.717) is 13.2 Å². The van der Waals surface area contributed by atoms with Gasteiger partial charge in [0.25, 0.3) is 0 Å². The molecule has 2 saturated heterocycles. The molecule has 0 aromatic rings. The van der Waals surface area contributed by atoms with E-state index < -0.39 is 0 Å². The average molecular weight is 228 g/mol. The third-order valence-corrected chi connectivity index (χ3v) is 3.34. The Morgan fingerprint density at radius 2 is 2.19 bits per heavy atom. The Balaban J connectivity index is 1.86. The van der Waals surface area contributed by atoms with Crippen LogP contribution in [0, 0.1) is 0 Å². The van der Waals surface area contributed by atoms with Crippen molar-refractivity contribution in [3.05, 3.63) is 0 Å². The van der Waals surface area contributed by atoms with Crippen LogP contribution in [-0.2, 0) is 14.3 Å². The third-order valence-electron chi connectivity index (χ3n) is 3.34. The van der Waals surface area contributed by atoms with E-state index in [0.717, 1.165) is 26.2 Å². The van der Waals surface area contributed by atoms with Crippen LogP contribution in [0.15, 0.2) is 0 Å². The summed E-state index contributed by atoms with van der Waals surface area (Å²) in [6.45, 7) is 6.95. The maximum absolute atomic E-state index is 11.9. The van der Waals surface area contributed by atoms with E-state index in [1.54, 1.807) is 0 Å². The second-order valence-electron chi connectivity index (χ2n) is 4.49. The van der Waals surface area contributed by atoms with Gasteiger partial charge in [-0.05, 0) is 13.6 Å². The number of rotatable bonds is 3. The Bertz CT molecular complexity index is 256. The molecule has 5 heteroatoms. The van der Waals surface area contributed by atoms with Crippen LogP contribution in [0.2, 0.25) is 0 Å². The summed E-state index contributed by atoms with van der Waals surface area (Å²) in [5.74, 6) is -0.103. The molecule has 0 N–H and O–H groups in total. The van der Waals surface area contributed by atoms with Gasteiger partial charge < -0.3 is 14.4 Å². The van der Waals surface area contributed by atoms with E-state index >= 15 is 0 Å². The highest BCUT2D eigenvalue weighted by Crippen LogP contribution is 2.12. The van der Waals surface area contributed by atoms with E-state index in [1.165, 1.54) is 0 Å². The molecular weight excluding hydrogens is 208 g/mol. The fourth-order valence-corrected chi connectivity index (χ4v) is 2.00. The summed E-state index contributed by atoms with van der Waals surface area (Å²) >= 11 is 0. The number of esters is 1. The molecule has 1 unspecified atom stereocenters. The van der Waals surface area contributed by atoms with Gasteiger partial charge in [0.2, 0.25) is 0 Å². The largest absolute Gasteiger partial charge is 0.456 e. The Labute approximate surface area is 96.3 Å². The molecule has 0 aromatic carbocycles. The minimum Gasteiger partial charge on any atom is -0.456 e. The van der Waals surface area contributed by atoms with Crippen LogP contribution < -0.4 is 0 Å². The molecule has 0 spiro atoms. The number of nitrogens with zero attached hydrogens (tertiary/aromatic N) is 2. The Hall–Kier alpha value is -0.650. The lowest BCUT2D eigenvalue weighted by molar-refractivity contribution is -0.179. The number of carbonyl (C=O) groups excluding carboxylic acids is 1. The highest BCUT2D eigenvalue weighted by Gasteiger charge is 2.33. The maximum Gasteiger partial charge on any atom is 0.325 e. The van der Waals surface area contributed by atoms with Gasteiger partial charge in [-0.1, -0.05) is 6.92 Å². The zero-order valence-corrected chi connectivity index (χ0v) is 10.0. The standard InChI is InChI=1S/C11H20N2O3/c1-3-13-5-4-12(2)10(6-13)11(14)16-9-7-15-8-9/h9-10H,3-8H2,1-2H3. The predicted molar refractivity (Wildman–Crippen MR) is 59.2 cm³/mol. The molecule has 92 valence electrons. The smallest absolute Gasteiger partial charge is 0.325 e. The number of carbonyl (C=O) groups is 1. The van der Waals surface area contributed by atoms with Gasteiger partial charge in [0.1, 0.15) is 12.1 Å². The molecular formula is C11H20N2O3. The van der Waals surface area contributed by atoms with Crippen LogP contribution in [0.1, 0.15) is 6.92 Å². The summed E-state index contributed by atoms with van der Waals surface area (Å²) in [6.07, 6.45) is -0.0158. The van der Waals surface area contributed by atoms with Crippen molar-refractivity contribution in [1.82, 2.24) is 9.80 Å². The first-order valence-corrected chi connectivity index (χ1v) is 5.91. The maximum atomic E-state index is 11.9. The molecule has 2 heterocycles. The Kier molecular flexibility index (Phi) is 3.78. The van der Waals surface area contributed by atoms with E-state index in [4.69, 9.17) is 9.47 Å². The van der Waals surface area contributed by atoms with Crippen LogP contribution in [-0.4, -0.2) is 74.4 Å². The second-order valence-corrected chi connectivity index (χ2v) is 4.49. The van der Waals surface area contributed by atoms with Gasteiger partial charge in [0.05, 0.1) is 13.2 Å². The third kappa shape index (κ3) is 2.53. The van der Waals surface area contributed by atoms with Crippen molar-refractivity contribution in [3.8, 4) is 0 Å². The zero-order valence-electron chi connectivity index (χ0n) is 10.0. The topological polar surface area (TPSA) is 42.0 Å². The first-order valence-electron chi connectivity index (χ1n) is 5.91. The van der Waals surface area contributed by atoms with Gasteiger partial charge >= 0.3 is 5.97 Å². The quantitative estimate of drug-likeness (QED) is 0.613. The van der Waals surface area contributed by atoms with Gasteiger partial charge in [-0.25, -0.2) is 0 Å². The molecule has 2 rings (SSSR count). The number of ether oxygens (including phenoxy) is 2. The molecule has 0 aliphatic carbocycles.